The molecule has 2 rings (SSSR count). The zero-order chi connectivity index (χ0) is 10.7. The zero-order valence-corrected chi connectivity index (χ0v) is 9.09. The van der Waals surface area contributed by atoms with E-state index in [-0.39, 0.29) is 0 Å². The van der Waals surface area contributed by atoms with Crippen LogP contribution in [0.5, 0.6) is 0 Å². The molecular formula is C13H11NS. The van der Waals surface area contributed by atoms with E-state index in [2.05, 4.69) is 30.5 Å². The third kappa shape index (κ3) is 2.26. The highest BCUT2D eigenvalue weighted by Crippen LogP contribution is 2.18. The Labute approximate surface area is 94.7 Å². The highest BCUT2D eigenvalue weighted by atomic mass is 32.1. The minimum absolute atomic E-state index is 0.583. The van der Waals surface area contributed by atoms with Gasteiger partial charge in [-0.25, -0.2) is 0 Å². The van der Waals surface area contributed by atoms with Gasteiger partial charge < -0.3 is 5.73 Å². The van der Waals surface area contributed by atoms with Crippen molar-refractivity contribution in [1.82, 2.24) is 0 Å². The van der Waals surface area contributed by atoms with E-state index in [4.69, 9.17) is 5.73 Å². The van der Waals surface area contributed by atoms with Crippen molar-refractivity contribution in [3.8, 4) is 11.8 Å². The number of rotatable bonds is 0. The van der Waals surface area contributed by atoms with Crippen LogP contribution < -0.4 is 5.73 Å². The molecule has 0 heterocycles. The van der Waals surface area contributed by atoms with Crippen molar-refractivity contribution in [1.29, 1.82) is 0 Å². The third-order valence-electron chi connectivity index (χ3n) is 2.18. The number of hydrogen-bond donors (Lipinski definition) is 2. The van der Waals surface area contributed by atoms with E-state index >= 15 is 0 Å². The average molecular weight is 213 g/mol. The van der Waals surface area contributed by atoms with Gasteiger partial charge >= 0.3 is 0 Å². The molecule has 0 aromatic heterocycles. The number of anilines is 1. The Morgan fingerprint density at radius 3 is 2.60 bits per heavy atom. The van der Waals surface area contributed by atoms with Gasteiger partial charge in [-0.2, -0.15) is 12.6 Å². The van der Waals surface area contributed by atoms with Crippen molar-refractivity contribution in [3.05, 3.63) is 42.0 Å². The molecule has 2 N–H and O–H groups in total. The van der Waals surface area contributed by atoms with Gasteiger partial charge in [0.15, 0.2) is 0 Å². The lowest BCUT2D eigenvalue weighted by atomic mass is 10.1. The van der Waals surface area contributed by atoms with Crippen molar-refractivity contribution < 1.29 is 0 Å². The van der Waals surface area contributed by atoms with Crippen LogP contribution in [0.3, 0.4) is 0 Å². The summed E-state index contributed by atoms with van der Waals surface area (Å²) in [5.74, 6) is 6.56. The second kappa shape index (κ2) is 4.29. The highest BCUT2D eigenvalue weighted by molar-refractivity contribution is 7.80. The third-order valence-corrected chi connectivity index (χ3v) is 2.33. The number of thiol groups is 1. The molecule has 0 fully saturated rings. The SMILES string of the molecule is Nc1ccc2cc(C#CCS)ccc2c1. The molecule has 0 aliphatic heterocycles. The van der Waals surface area contributed by atoms with Gasteiger partial charge in [-0.05, 0) is 35.0 Å². The van der Waals surface area contributed by atoms with Crippen LogP contribution in [-0.2, 0) is 0 Å². The molecule has 2 heteroatoms. The molecule has 0 aliphatic carbocycles. The lowest BCUT2D eigenvalue weighted by Gasteiger charge is -1.99. The molecular weight excluding hydrogens is 202 g/mol. The first-order valence-corrected chi connectivity index (χ1v) is 5.32. The number of fused-ring (bicyclic) bond motifs is 1. The predicted octanol–water partition coefficient (Wildman–Crippen LogP) is 2.70. The van der Waals surface area contributed by atoms with Gasteiger partial charge in [-0.15, -0.1) is 0 Å². The van der Waals surface area contributed by atoms with E-state index in [1.165, 1.54) is 0 Å². The van der Waals surface area contributed by atoms with Crippen LogP contribution in [0.4, 0.5) is 5.69 Å². The molecule has 74 valence electrons. The van der Waals surface area contributed by atoms with Gasteiger partial charge in [-0.1, -0.05) is 24.0 Å². The molecule has 0 spiro atoms. The number of nitrogens with two attached hydrogens (primary N) is 1. The number of nitrogen functional groups attached to an aromatic ring is 1. The molecule has 0 unspecified atom stereocenters. The molecule has 0 saturated heterocycles. The molecule has 0 bridgehead atoms. The predicted molar refractivity (Wildman–Crippen MR) is 69.1 cm³/mol. The smallest absolute Gasteiger partial charge is 0.0521 e. The van der Waals surface area contributed by atoms with Gasteiger partial charge in [0.25, 0.3) is 0 Å². The van der Waals surface area contributed by atoms with E-state index in [0.29, 0.717) is 5.75 Å². The van der Waals surface area contributed by atoms with Crippen molar-refractivity contribution >= 4 is 29.1 Å². The van der Waals surface area contributed by atoms with Crippen LogP contribution in [0.15, 0.2) is 36.4 Å². The van der Waals surface area contributed by atoms with Crippen LogP contribution in [-0.4, -0.2) is 5.75 Å². The summed E-state index contributed by atoms with van der Waals surface area (Å²) in [6.45, 7) is 0. The molecule has 0 saturated carbocycles. The van der Waals surface area contributed by atoms with Crippen molar-refractivity contribution in [2.45, 2.75) is 0 Å². The minimum Gasteiger partial charge on any atom is -0.399 e. The van der Waals surface area contributed by atoms with Gasteiger partial charge in [0.05, 0.1) is 5.75 Å². The first kappa shape index (κ1) is 9.95. The molecule has 2 aromatic carbocycles. The Hall–Kier alpha value is -1.59. The fourth-order valence-corrected chi connectivity index (χ4v) is 1.56. The van der Waals surface area contributed by atoms with Crippen molar-refractivity contribution in [3.63, 3.8) is 0 Å². The Kier molecular flexibility index (Phi) is 2.84. The number of hydrogen-bond acceptors (Lipinski definition) is 2. The molecule has 15 heavy (non-hydrogen) atoms. The van der Waals surface area contributed by atoms with E-state index in [0.717, 1.165) is 22.0 Å². The molecule has 1 nitrogen and oxygen atoms in total. The highest BCUT2D eigenvalue weighted by Gasteiger charge is 1.94. The molecule has 2 aromatic rings. The van der Waals surface area contributed by atoms with Crippen LogP contribution in [0.2, 0.25) is 0 Å². The maximum Gasteiger partial charge on any atom is 0.0521 e. The Morgan fingerprint density at radius 1 is 1.07 bits per heavy atom. The van der Waals surface area contributed by atoms with Crippen LogP contribution in [0.25, 0.3) is 10.8 Å². The molecule has 0 radical (unpaired) electrons. The topological polar surface area (TPSA) is 26.0 Å². The van der Waals surface area contributed by atoms with E-state index in [1.807, 2.05) is 30.3 Å². The summed E-state index contributed by atoms with van der Waals surface area (Å²) in [5, 5.41) is 2.31. The van der Waals surface area contributed by atoms with Crippen LogP contribution in [0, 0.1) is 11.8 Å². The Bertz CT molecular complexity index is 549. The van der Waals surface area contributed by atoms with Gasteiger partial charge in [-0.3, -0.25) is 0 Å². The molecule has 0 aliphatic rings. The fraction of sp³-hybridized carbons (Fsp3) is 0.0769. The van der Waals surface area contributed by atoms with E-state index < -0.39 is 0 Å². The number of benzene rings is 2. The second-order valence-corrected chi connectivity index (χ2v) is 3.60. The van der Waals surface area contributed by atoms with E-state index in [1.54, 1.807) is 0 Å². The summed E-state index contributed by atoms with van der Waals surface area (Å²) in [5.41, 5.74) is 7.51. The second-order valence-electron chi connectivity index (χ2n) is 3.28. The minimum atomic E-state index is 0.583. The zero-order valence-electron chi connectivity index (χ0n) is 8.20. The summed E-state index contributed by atoms with van der Waals surface area (Å²) in [6.07, 6.45) is 0. The lowest BCUT2D eigenvalue weighted by molar-refractivity contribution is 1.68. The molecule has 0 amide bonds. The fourth-order valence-electron chi connectivity index (χ4n) is 1.48. The summed E-state index contributed by atoms with van der Waals surface area (Å²) in [6, 6.07) is 12.0. The van der Waals surface area contributed by atoms with Crippen LogP contribution in [0.1, 0.15) is 5.56 Å². The first-order chi connectivity index (χ1) is 7.29. The maximum atomic E-state index is 5.70. The largest absolute Gasteiger partial charge is 0.399 e. The summed E-state index contributed by atoms with van der Waals surface area (Å²) >= 11 is 4.05. The van der Waals surface area contributed by atoms with E-state index in [9.17, 15) is 0 Å². The van der Waals surface area contributed by atoms with Crippen molar-refractivity contribution in [2.75, 3.05) is 11.5 Å². The Balaban J connectivity index is 2.52. The molecule has 0 atom stereocenters. The Morgan fingerprint density at radius 2 is 1.80 bits per heavy atom. The van der Waals surface area contributed by atoms with Crippen LogP contribution >= 0.6 is 12.6 Å². The summed E-state index contributed by atoms with van der Waals surface area (Å²) in [4.78, 5) is 0. The monoisotopic (exact) mass is 213 g/mol. The first-order valence-electron chi connectivity index (χ1n) is 4.68. The van der Waals surface area contributed by atoms with Gasteiger partial charge in [0.2, 0.25) is 0 Å². The van der Waals surface area contributed by atoms with Gasteiger partial charge in [0.1, 0.15) is 0 Å². The lowest BCUT2D eigenvalue weighted by Crippen LogP contribution is -1.84. The standard InChI is InChI=1S/C13H11NS/c14-13-6-5-11-8-10(2-1-7-15)3-4-12(11)9-13/h3-6,8-9,15H,7,14H2. The average Bonchev–Trinajstić information content (AvgIpc) is 2.26. The maximum absolute atomic E-state index is 5.70. The summed E-state index contributed by atoms with van der Waals surface area (Å²) < 4.78 is 0. The van der Waals surface area contributed by atoms with Crippen molar-refractivity contribution in [2.24, 2.45) is 0 Å². The summed E-state index contributed by atoms with van der Waals surface area (Å²) in [7, 11) is 0. The van der Waals surface area contributed by atoms with Gasteiger partial charge in [0, 0.05) is 11.3 Å². The quantitative estimate of drug-likeness (QED) is 0.393. The normalized spacial score (nSPS) is 9.67.